The van der Waals surface area contributed by atoms with E-state index in [2.05, 4.69) is 15.5 Å². The third-order valence-electron chi connectivity index (χ3n) is 5.58. The first-order valence-corrected chi connectivity index (χ1v) is 13.2. The number of para-hydroxylation sites is 1. The number of amides is 1. The maximum atomic E-state index is 13.3. The van der Waals surface area contributed by atoms with Gasteiger partial charge in [-0.3, -0.25) is 14.0 Å². The van der Waals surface area contributed by atoms with Crippen molar-refractivity contribution in [1.29, 1.82) is 0 Å². The largest absolute Gasteiger partial charge is 0.352 e. The van der Waals surface area contributed by atoms with E-state index in [1.54, 1.807) is 16.5 Å². The first kappa shape index (κ1) is 21.7. The molecule has 0 radical (unpaired) electrons. The third-order valence-corrected chi connectivity index (χ3v) is 8.28. The van der Waals surface area contributed by atoms with Gasteiger partial charge in [-0.25, -0.2) is 13.0 Å². The number of hydrogen-bond acceptors (Lipinski definition) is 7. The molecule has 0 bridgehead atoms. The molecule has 1 aliphatic heterocycles. The van der Waals surface area contributed by atoms with Gasteiger partial charge in [0.15, 0.2) is 15.0 Å². The number of nitrogens with one attached hydrogen (secondary N) is 1. The van der Waals surface area contributed by atoms with E-state index in [0.29, 0.717) is 33.9 Å². The minimum absolute atomic E-state index is 0.0231. The number of aromatic nitrogens is 4. The molecule has 0 saturated carbocycles. The quantitative estimate of drug-likeness (QED) is 0.430. The highest BCUT2D eigenvalue weighted by molar-refractivity contribution is 7.99. The topological polar surface area (TPSA) is 115 Å². The molecule has 0 aliphatic carbocycles. The summed E-state index contributed by atoms with van der Waals surface area (Å²) in [5.41, 5.74) is 2.13. The molecule has 9 nitrogen and oxygen atoms in total. The molecule has 11 heteroatoms. The Morgan fingerprint density at radius 3 is 2.76 bits per heavy atom. The molecule has 1 saturated heterocycles. The summed E-state index contributed by atoms with van der Waals surface area (Å²) in [6, 6.07) is 14.4. The summed E-state index contributed by atoms with van der Waals surface area (Å²) < 4.78 is 26.6. The predicted molar refractivity (Wildman–Crippen MR) is 127 cm³/mol. The lowest BCUT2D eigenvalue weighted by Gasteiger charge is -2.12. The molecule has 0 spiro atoms. The summed E-state index contributed by atoms with van der Waals surface area (Å²) in [6.07, 6.45) is 0.431. The molecule has 170 valence electrons. The lowest BCUT2D eigenvalue weighted by molar-refractivity contribution is -0.119. The van der Waals surface area contributed by atoms with Crippen molar-refractivity contribution < 1.29 is 13.2 Å². The molecule has 5 rings (SSSR count). The van der Waals surface area contributed by atoms with E-state index in [9.17, 15) is 18.0 Å². The van der Waals surface area contributed by atoms with Gasteiger partial charge in [0.1, 0.15) is 0 Å². The third kappa shape index (κ3) is 4.13. The van der Waals surface area contributed by atoms with Crippen molar-refractivity contribution in [2.45, 2.75) is 24.5 Å². The number of fused-ring (bicyclic) bond motifs is 3. The van der Waals surface area contributed by atoms with Crippen LogP contribution in [-0.2, 0) is 14.6 Å². The maximum absolute atomic E-state index is 13.3. The minimum Gasteiger partial charge on any atom is -0.352 e. The highest BCUT2D eigenvalue weighted by Gasteiger charge is 2.29. The van der Waals surface area contributed by atoms with E-state index in [-0.39, 0.29) is 34.8 Å². The van der Waals surface area contributed by atoms with Crippen LogP contribution in [0.2, 0.25) is 0 Å². The number of hydrogen-bond donors (Lipinski definition) is 1. The SMILES string of the molecule is Cc1cccc(-n2c(=O)c3ccccc3n3c(SCC(=O)N[C@@H]4CCS(=O)(=O)C4)nnc23)c1. The fourth-order valence-corrected chi connectivity index (χ4v) is 6.50. The zero-order valence-electron chi connectivity index (χ0n) is 17.8. The van der Waals surface area contributed by atoms with Crippen molar-refractivity contribution in [3.8, 4) is 5.69 Å². The van der Waals surface area contributed by atoms with Crippen LogP contribution in [0.25, 0.3) is 22.4 Å². The smallest absolute Gasteiger partial charge is 0.267 e. The Kier molecular flexibility index (Phi) is 5.45. The molecular weight excluding hydrogens is 462 g/mol. The van der Waals surface area contributed by atoms with Crippen LogP contribution in [0, 0.1) is 6.92 Å². The Morgan fingerprint density at radius 2 is 2.00 bits per heavy atom. The number of rotatable bonds is 5. The van der Waals surface area contributed by atoms with Gasteiger partial charge in [0, 0.05) is 6.04 Å². The first-order chi connectivity index (χ1) is 15.8. The molecule has 1 N–H and O–H groups in total. The normalized spacial score (nSPS) is 17.5. The van der Waals surface area contributed by atoms with Gasteiger partial charge in [-0.15, -0.1) is 10.2 Å². The lowest BCUT2D eigenvalue weighted by Crippen LogP contribution is -2.36. The average Bonchev–Trinajstić information content (AvgIpc) is 3.35. The van der Waals surface area contributed by atoms with Crippen molar-refractivity contribution in [2.75, 3.05) is 17.3 Å². The van der Waals surface area contributed by atoms with Gasteiger partial charge in [0.05, 0.1) is 33.8 Å². The molecule has 1 atom stereocenters. The van der Waals surface area contributed by atoms with Crippen LogP contribution in [0.5, 0.6) is 0 Å². The maximum Gasteiger partial charge on any atom is 0.267 e. The van der Waals surface area contributed by atoms with E-state index in [0.717, 1.165) is 5.56 Å². The Labute approximate surface area is 193 Å². The Bertz CT molecular complexity index is 1560. The monoisotopic (exact) mass is 483 g/mol. The first-order valence-electron chi connectivity index (χ1n) is 10.4. The van der Waals surface area contributed by atoms with E-state index in [4.69, 9.17) is 0 Å². The Hall–Kier alpha value is -3.18. The molecule has 1 fully saturated rings. The zero-order chi connectivity index (χ0) is 23.2. The highest BCUT2D eigenvalue weighted by atomic mass is 32.2. The number of benzene rings is 2. The summed E-state index contributed by atoms with van der Waals surface area (Å²) in [5, 5.41) is 12.3. The summed E-state index contributed by atoms with van der Waals surface area (Å²) in [5.74, 6) is 0.215. The minimum atomic E-state index is -3.07. The van der Waals surface area contributed by atoms with Gasteiger partial charge in [0.2, 0.25) is 11.7 Å². The molecule has 33 heavy (non-hydrogen) atoms. The average molecular weight is 484 g/mol. The number of carbonyl (C=O) groups excluding carboxylic acids is 1. The number of thioether (sulfide) groups is 1. The lowest BCUT2D eigenvalue weighted by atomic mass is 10.2. The van der Waals surface area contributed by atoms with Crippen molar-refractivity contribution >= 4 is 44.2 Å². The fraction of sp³-hybridized carbons (Fsp3) is 0.273. The summed E-state index contributed by atoms with van der Waals surface area (Å²) in [7, 11) is -3.07. The Morgan fingerprint density at radius 1 is 1.18 bits per heavy atom. The second kappa shape index (κ2) is 8.31. The van der Waals surface area contributed by atoms with Crippen LogP contribution in [0.4, 0.5) is 0 Å². The van der Waals surface area contributed by atoms with Gasteiger partial charge >= 0.3 is 0 Å². The molecule has 2 aromatic heterocycles. The van der Waals surface area contributed by atoms with Gasteiger partial charge < -0.3 is 5.32 Å². The fourth-order valence-electron chi connectivity index (χ4n) is 4.08. The molecular formula is C22H21N5O4S2. The van der Waals surface area contributed by atoms with E-state index in [1.165, 1.54) is 16.3 Å². The molecule has 0 unspecified atom stereocenters. The van der Waals surface area contributed by atoms with Crippen LogP contribution in [0.1, 0.15) is 12.0 Å². The number of nitrogens with zero attached hydrogens (tertiary/aromatic N) is 4. The second-order valence-corrected chi connectivity index (χ2v) is 11.2. The van der Waals surface area contributed by atoms with Crippen LogP contribution in [0.3, 0.4) is 0 Å². The summed E-state index contributed by atoms with van der Waals surface area (Å²) >= 11 is 1.19. The number of aryl methyl sites for hydroxylation is 1. The van der Waals surface area contributed by atoms with E-state index in [1.807, 2.05) is 43.3 Å². The van der Waals surface area contributed by atoms with Gasteiger partial charge in [-0.05, 0) is 43.2 Å². The van der Waals surface area contributed by atoms with E-state index < -0.39 is 9.84 Å². The molecule has 4 aromatic rings. The van der Waals surface area contributed by atoms with Crippen molar-refractivity contribution in [3.05, 3.63) is 64.4 Å². The predicted octanol–water partition coefficient (Wildman–Crippen LogP) is 1.74. The number of carbonyl (C=O) groups is 1. The standard InChI is InChI=1S/C22H21N5O4S2/c1-14-5-4-6-16(11-14)26-20(29)17-7-2-3-8-18(17)27-21(26)24-25-22(27)32-12-19(28)23-15-9-10-33(30,31)13-15/h2-8,11,15H,9-10,12-13H2,1H3,(H,23,28)/t15-/m1/s1. The molecule has 2 aromatic carbocycles. The number of sulfone groups is 1. The van der Waals surface area contributed by atoms with E-state index >= 15 is 0 Å². The zero-order valence-corrected chi connectivity index (χ0v) is 19.4. The van der Waals surface area contributed by atoms with Gasteiger partial charge in [-0.1, -0.05) is 36.0 Å². The van der Waals surface area contributed by atoms with Crippen LogP contribution in [0.15, 0.2) is 58.5 Å². The van der Waals surface area contributed by atoms with Gasteiger partial charge in [-0.2, -0.15) is 0 Å². The van der Waals surface area contributed by atoms with Crippen LogP contribution >= 0.6 is 11.8 Å². The van der Waals surface area contributed by atoms with Crippen molar-refractivity contribution in [1.82, 2.24) is 24.5 Å². The molecule has 3 heterocycles. The van der Waals surface area contributed by atoms with Crippen LogP contribution in [-0.4, -0.2) is 56.8 Å². The summed E-state index contributed by atoms with van der Waals surface area (Å²) in [4.78, 5) is 25.8. The Balaban J connectivity index is 1.52. The van der Waals surface area contributed by atoms with Crippen LogP contribution < -0.4 is 10.9 Å². The second-order valence-electron chi connectivity index (χ2n) is 8.07. The van der Waals surface area contributed by atoms with Gasteiger partial charge in [0.25, 0.3) is 5.56 Å². The molecule has 1 aliphatic rings. The van der Waals surface area contributed by atoms with Crippen molar-refractivity contribution in [3.63, 3.8) is 0 Å². The summed E-state index contributed by atoms with van der Waals surface area (Å²) in [6.45, 7) is 1.95. The molecule has 1 amide bonds. The highest BCUT2D eigenvalue weighted by Crippen LogP contribution is 2.23. The van der Waals surface area contributed by atoms with Crippen molar-refractivity contribution in [2.24, 2.45) is 0 Å².